The molecule has 0 atom stereocenters. The van der Waals surface area contributed by atoms with E-state index in [-0.39, 0.29) is 12.0 Å². The summed E-state index contributed by atoms with van der Waals surface area (Å²) < 4.78 is 6.20. The summed E-state index contributed by atoms with van der Waals surface area (Å²) in [6, 6.07) is 4.16. The minimum absolute atomic E-state index is 0.0674. The van der Waals surface area contributed by atoms with Gasteiger partial charge in [0.1, 0.15) is 11.9 Å². The molecule has 0 saturated carbocycles. The Kier molecular flexibility index (Phi) is 6.15. The van der Waals surface area contributed by atoms with E-state index in [9.17, 15) is 4.79 Å². The third kappa shape index (κ3) is 4.07. The molecular formula is C19H30N4O2. The van der Waals surface area contributed by atoms with Gasteiger partial charge < -0.3 is 25.6 Å². The van der Waals surface area contributed by atoms with Gasteiger partial charge in [-0.15, -0.1) is 0 Å². The Morgan fingerprint density at radius 1 is 1.04 bits per heavy atom. The molecule has 3 aliphatic heterocycles. The second-order valence-corrected chi connectivity index (χ2v) is 6.47. The summed E-state index contributed by atoms with van der Waals surface area (Å²) in [7, 11) is 0. The molecule has 0 radical (unpaired) electrons. The number of carbonyl (C=O) groups excluding carboxylic acids is 1. The van der Waals surface area contributed by atoms with Gasteiger partial charge in [-0.25, -0.2) is 0 Å². The second-order valence-electron chi connectivity index (χ2n) is 6.47. The lowest BCUT2D eigenvalue weighted by atomic mass is 10.1. The van der Waals surface area contributed by atoms with Crippen molar-refractivity contribution < 1.29 is 9.53 Å². The Labute approximate surface area is 150 Å². The number of hydrogen-bond donors (Lipinski definition) is 3. The molecule has 3 N–H and O–H groups in total. The summed E-state index contributed by atoms with van der Waals surface area (Å²) >= 11 is 0. The third-order valence-electron chi connectivity index (χ3n) is 4.89. The smallest absolute Gasteiger partial charge is 0.229 e. The molecule has 0 unspecified atom stereocenters. The van der Waals surface area contributed by atoms with Gasteiger partial charge in [0.15, 0.2) is 0 Å². The van der Waals surface area contributed by atoms with Crippen molar-refractivity contribution in [3.63, 3.8) is 0 Å². The van der Waals surface area contributed by atoms with E-state index in [4.69, 9.17) is 4.74 Å². The number of hydrogen-bond acceptors (Lipinski definition) is 5. The van der Waals surface area contributed by atoms with E-state index in [2.05, 4.69) is 26.9 Å². The van der Waals surface area contributed by atoms with Crippen LogP contribution in [0.4, 0.5) is 11.4 Å². The standard InChI is InChI=1S/C17H24N4O2.C2H6/c22-16-11-13-14(21-9-7-19-8-10-21)1-2-15(17(13)20-16)23-12-3-5-18-6-4-12;1-2/h1-2,12,18-19H,3-11H2,(H,20,22);1-2H3. The minimum atomic E-state index is 0.0674. The molecule has 1 aromatic rings. The van der Waals surface area contributed by atoms with Crippen LogP contribution in [0.1, 0.15) is 32.3 Å². The van der Waals surface area contributed by atoms with E-state index in [1.165, 1.54) is 5.69 Å². The SMILES string of the molecule is CC.O=C1Cc2c(N3CCNCC3)ccc(OC3CCNCC3)c2N1. The van der Waals surface area contributed by atoms with Crippen molar-refractivity contribution in [1.82, 2.24) is 10.6 Å². The average molecular weight is 346 g/mol. The van der Waals surface area contributed by atoms with Crippen LogP contribution in [0.5, 0.6) is 5.75 Å². The number of amides is 1. The van der Waals surface area contributed by atoms with Crippen molar-refractivity contribution >= 4 is 17.3 Å². The van der Waals surface area contributed by atoms with E-state index in [0.717, 1.165) is 69.1 Å². The van der Waals surface area contributed by atoms with Gasteiger partial charge in [-0.05, 0) is 38.1 Å². The molecular weight excluding hydrogens is 316 g/mol. The first-order valence-electron chi connectivity index (χ1n) is 9.60. The summed E-state index contributed by atoms with van der Waals surface area (Å²) in [6.45, 7) is 9.94. The normalized spacial score (nSPS) is 20.4. The summed E-state index contributed by atoms with van der Waals surface area (Å²) in [4.78, 5) is 14.3. The fourth-order valence-electron chi connectivity index (χ4n) is 3.67. The number of ether oxygens (including phenoxy) is 1. The molecule has 1 amide bonds. The highest BCUT2D eigenvalue weighted by atomic mass is 16.5. The first-order chi connectivity index (χ1) is 12.3. The molecule has 1 aromatic carbocycles. The fraction of sp³-hybridized carbons (Fsp3) is 0.632. The van der Waals surface area contributed by atoms with Gasteiger partial charge >= 0.3 is 0 Å². The highest BCUT2D eigenvalue weighted by molar-refractivity contribution is 6.03. The highest BCUT2D eigenvalue weighted by Gasteiger charge is 2.28. The van der Waals surface area contributed by atoms with Crippen molar-refractivity contribution in [3.05, 3.63) is 17.7 Å². The van der Waals surface area contributed by atoms with Crippen LogP contribution in [0.2, 0.25) is 0 Å². The van der Waals surface area contributed by atoms with Crippen molar-refractivity contribution in [1.29, 1.82) is 0 Å². The van der Waals surface area contributed by atoms with E-state index >= 15 is 0 Å². The lowest BCUT2D eigenvalue weighted by molar-refractivity contribution is -0.115. The predicted octanol–water partition coefficient (Wildman–Crippen LogP) is 1.75. The van der Waals surface area contributed by atoms with Gasteiger partial charge in [0.25, 0.3) is 0 Å². The minimum Gasteiger partial charge on any atom is -0.488 e. The highest BCUT2D eigenvalue weighted by Crippen LogP contribution is 2.40. The van der Waals surface area contributed by atoms with Crippen molar-refractivity contribution in [2.24, 2.45) is 0 Å². The number of rotatable bonds is 3. The average Bonchev–Trinajstić information content (AvgIpc) is 3.07. The summed E-state index contributed by atoms with van der Waals surface area (Å²) in [6.07, 6.45) is 2.73. The van der Waals surface area contributed by atoms with Gasteiger partial charge in [-0.1, -0.05) is 13.8 Å². The molecule has 0 aromatic heterocycles. The van der Waals surface area contributed by atoms with E-state index in [1.807, 2.05) is 19.9 Å². The van der Waals surface area contributed by atoms with Crippen molar-refractivity contribution in [2.45, 2.75) is 39.2 Å². The van der Waals surface area contributed by atoms with Gasteiger partial charge in [-0.3, -0.25) is 4.79 Å². The predicted molar refractivity (Wildman–Crippen MR) is 102 cm³/mol. The first kappa shape index (κ1) is 18.0. The molecule has 25 heavy (non-hydrogen) atoms. The monoisotopic (exact) mass is 346 g/mol. The first-order valence-corrected chi connectivity index (χ1v) is 9.60. The Bertz CT molecular complexity index is 593. The molecule has 2 saturated heterocycles. The van der Waals surface area contributed by atoms with Gasteiger partial charge in [0.05, 0.1) is 12.1 Å². The maximum absolute atomic E-state index is 12.0. The van der Waals surface area contributed by atoms with E-state index in [0.29, 0.717) is 6.42 Å². The van der Waals surface area contributed by atoms with Crippen LogP contribution >= 0.6 is 0 Å². The van der Waals surface area contributed by atoms with Crippen LogP contribution in [-0.4, -0.2) is 51.3 Å². The number of fused-ring (bicyclic) bond motifs is 1. The van der Waals surface area contributed by atoms with Gasteiger partial charge in [0, 0.05) is 37.4 Å². The lowest BCUT2D eigenvalue weighted by Gasteiger charge is -2.31. The molecule has 3 heterocycles. The lowest BCUT2D eigenvalue weighted by Crippen LogP contribution is -2.43. The van der Waals surface area contributed by atoms with Crippen LogP contribution < -0.4 is 25.6 Å². The number of anilines is 2. The van der Waals surface area contributed by atoms with Crippen LogP contribution in [-0.2, 0) is 11.2 Å². The largest absolute Gasteiger partial charge is 0.488 e. The van der Waals surface area contributed by atoms with Crippen LogP contribution in [0.15, 0.2) is 12.1 Å². The van der Waals surface area contributed by atoms with Gasteiger partial charge in [-0.2, -0.15) is 0 Å². The maximum Gasteiger partial charge on any atom is 0.229 e. The molecule has 0 spiro atoms. The fourth-order valence-corrected chi connectivity index (χ4v) is 3.67. The number of piperidine rings is 1. The zero-order valence-corrected chi connectivity index (χ0v) is 15.4. The number of piperazine rings is 1. The molecule has 138 valence electrons. The van der Waals surface area contributed by atoms with Crippen LogP contribution in [0.3, 0.4) is 0 Å². The number of nitrogens with one attached hydrogen (secondary N) is 3. The summed E-state index contributed by atoms with van der Waals surface area (Å²) in [5.41, 5.74) is 3.17. The van der Waals surface area contributed by atoms with E-state index < -0.39 is 0 Å². The molecule has 2 fully saturated rings. The topological polar surface area (TPSA) is 65.6 Å². The molecule has 6 nitrogen and oxygen atoms in total. The number of benzene rings is 1. The van der Waals surface area contributed by atoms with Crippen LogP contribution in [0.25, 0.3) is 0 Å². The molecule has 0 bridgehead atoms. The quantitative estimate of drug-likeness (QED) is 0.778. The molecule has 4 rings (SSSR count). The number of carbonyl (C=O) groups is 1. The van der Waals surface area contributed by atoms with Crippen LogP contribution in [0, 0.1) is 0 Å². The molecule has 6 heteroatoms. The third-order valence-corrected chi connectivity index (χ3v) is 4.89. The summed E-state index contributed by atoms with van der Waals surface area (Å²) in [5.74, 6) is 0.898. The zero-order valence-electron chi connectivity index (χ0n) is 15.4. The Morgan fingerprint density at radius 3 is 2.44 bits per heavy atom. The summed E-state index contributed by atoms with van der Waals surface area (Å²) in [5, 5.41) is 9.73. The Hall–Kier alpha value is -1.79. The Morgan fingerprint density at radius 2 is 1.72 bits per heavy atom. The zero-order chi connectivity index (χ0) is 17.6. The number of nitrogens with zero attached hydrogens (tertiary/aromatic N) is 1. The maximum atomic E-state index is 12.0. The molecule has 3 aliphatic rings. The second kappa shape index (κ2) is 8.54. The van der Waals surface area contributed by atoms with Crippen molar-refractivity contribution in [2.75, 3.05) is 49.5 Å². The van der Waals surface area contributed by atoms with Crippen molar-refractivity contribution in [3.8, 4) is 5.75 Å². The van der Waals surface area contributed by atoms with Gasteiger partial charge in [0.2, 0.25) is 5.91 Å². The van der Waals surface area contributed by atoms with E-state index in [1.54, 1.807) is 0 Å². The Balaban J connectivity index is 0.000000880. The molecule has 0 aliphatic carbocycles.